The lowest BCUT2D eigenvalue weighted by Crippen LogP contribution is -2.26. The Balaban J connectivity index is 2.09. The molecule has 0 aliphatic heterocycles. The van der Waals surface area contributed by atoms with Gasteiger partial charge in [0.2, 0.25) is 0 Å². The second-order valence-corrected chi connectivity index (χ2v) is 5.07. The van der Waals surface area contributed by atoms with Crippen LogP contribution >= 0.6 is 11.6 Å². The first kappa shape index (κ1) is 16.6. The van der Waals surface area contributed by atoms with Crippen LogP contribution in [0, 0.1) is 0 Å². The van der Waals surface area contributed by atoms with E-state index < -0.39 is 6.03 Å². The van der Waals surface area contributed by atoms with Crippen LogP contribution in [0.4, 0.5) is 16.2 Å². The number of nitrogens with one attached hydrogen (secondary N) is 3. The van der Waals surface area contributed by atoms with E-state index in [1.165, 1.54) is 0 Å². The van der Waals surface area contributed by atoms with Crippen LogP contribution in [0.3, 0.4) is 0 Å². The summed E-state index contributed by atoms with van der Waals surface area (Å²) in [5.41, 5.74) is 1.34. The Bertz CT molecular complexity index is 731. The lowest BCUT2D eigenvalue weighted by molar-refractivity contribution is 0.0959. The van der Waals surface area contributed by atoms with Gasteiger partial charge in [-0.2, -0.15) is 0 Å². The molecule has 2 aromatic rings. The van der Waals surface area contributed by atoms with Crippen molar-refractivity contribution in [3.63, 3.8) is 0 Å². The number of anilines is 2. The fraction of sp³-hybridized carbons (Fsp3) is 0.0588. The third kappa shape index (κ3) is 4.86. The van der Waals surface area contributed by atoms with E-state index in [-0.39, 0.29) is 5.91 Å². The van der Waals surface area contributed by atoms with E-state index in [1.807, 2.05) is 0 Å². The number of rotatable bonds is 5. The van der Waals surface area contributed by atoms with Gasteiger partial charge in [-0.15, -0.1) is 6.58 Å². The summed E-state index contributed by atoms with van der Waals surface area (Å²) < 4.78 is 0. The lowest BCUT2D eigenvalue weighted by atomic mass is 10.1. The Kier molecular flexibility index (Phi) is 5.77. The number of urea groups is 1. The standard InChI is InChI=1S/C17H16ClN3O2/c1-2-10-19-16(22)14-8-3-4-9-15(14)21-17(23)20-13-7-5-6-12(18)11-13/h2-9,11H,1,10H2,(H,19,22)(H2,20,21,23). The van der Waals surface area contributed by atoms with Crippen molar-refractivity contribution in [2.75, 3.05) is 17.2 Å². The van der Waals surface area contributed by atoms with Gasteiger partial charge in [-0.05, 0) is 30.3 Å². The molecule has 5 nitrogen and oxygen atoms in total. The highest BCUT2D eigenvalue weighted by Crippen LogP contribution is 2.17. The van der Waals surface area contributed by atoms with Crippen LogP contribution in [-0.4, -0.2) is 18.5 Å². The Morgan fingerprint density at radius 3 is 2.61 bits per heavy atom. The first-order valence-electron chi connectivity index (χ1n) is 6.92. The summed E-state index contributed by atoms with van der Waals surface area (Å²) in [6.07, 6.45) is 1.58. The van der Waals surface area contributed by atoms with Gasteiger partial charge in [-0.25, -0.2) is 4.79 Å². The zero-order chi connectivity index (χ0) is 16.7. The molecule has 0 aromatic heterocycles. The molecule has 0 heterocycles. The predicted octanol–water partition coefficient (Wildman–Crippen LogP) is 3.90. The molecule has 0 saturated heterocycles. The van der Waals surface area contributed by atoms with Crippen LogP contribution in [0.25, 0.3) is 0 Å². The number of benzene rings is 2. The maximum Gasteiger partial charge on any atom is 0.323 e. The molecular weight excluding hydrogens is 314 g/mol. The minimum Gasteiger partial charge on any atom is -0.349 e. The third-order valence-corrected chi connectivity index (χ3v) is 3.14. The zero-order valence-electron chi connectivity index (χ0n) is 12.3. The van der Waals surface area contributed by atoms with Crippen molar-refractivity contribution in [1.82, 2.24) is 5.32 Å². The number of carbonyl (C=O) groups is 2. The first-order valence-corrected chi connectivity index (χ1v) is 7.29. The van der Waals surface area contributed by atoms with Gasteiger partial charge in [-0.1, -0.05) is 35.9 Å². The molecule has 0 atom stereocenters. The average molecular weight is 330 g/mol. The van der Waals surface area contributed by atoms with E-state index in [4.69, 9.17) is 11.6 Å². The smallest absolute Gasteiger partial charge is 0.323 e. The monoisotopic (exact) mass is 329 g/mol. The maximum absolute atomic E-state index is 12.1. The highest BCUT2D eigenvalue weighted by atomic mass is 35.5. The Labute approximate surface area is 139 Å². The summed E-state index contributed by atoms with van der Waals surface area (Å²) in [5.74, 6) is -0.288. The number of hydrogen-bond donors (Lipinski definition) is 3. The minimum absolute atomic E-state index is 0.288. The van der Waals surface area contributed by atoms with Crippen LogP contribution in [0.2, 0.25) is 5.02 Å². The van der Waals surface area contributed by atoms with Gasteiger partial charge in [0.05, 0.1) is 11.3 Å². The van der Waals surface area contributed by atoms with Gasteiger partial charge >= 0.3 is 6.03 Å². The van der Waals surface area contributed by atoms with E-state index in [0.29, 0.717) is 28.5 Å². The molecule has 0 saturated carbocycles. The molecule has 0 radical (unpaired) electrons. The molecule has 3 amide bonds. The second kappa shape index (κ2) is 8.00. The van der Waals surface area contributed by atoms with Crippen LogP contribution in [0.1, 0.15) is 10.4 Å². The first-order chi connectivity index (χ1) is 11.1. The number of carbonyl (C=O) groups excluding carboxylic acids is 2. The van der Waals surface area contributed by atoms with Crippen molar-refractivity contribution in [1.29, 1.82) is 0 Å². The molecule has 0 fully saturated rings. The van der Waals surface area contributed by atoms with E-state index in [1.54, 1.807) is 54.6 Å². The van der Waals surface area contributed by atoms with Crippen LogP contribution < -0.4 is 16.0 Å². The van der Waals surface area contributed by atoms with E-state index >= 15 is 0 Å². The molecule has 0 spiro atoms. The van der Waals surface area contributed by atoms with Gasteiger partial charge in [0.1, 0.15) is 0 Å². The van der Waals surface area contributed by atoms with Crippen molar-refractivity contribution >= 4 is 34.9 Å². The summed E-state index contributed by atoms with van der Waals surface area (Å²) in [5, 5.41) is 8.51. The lowest BCUT2D eigenvalue weighted by Gasteiger charge is -2.12. The molecule has 6 heteroatoms. The summed E-state index contributed by atoms with van der Waals surface area (Å²) in [6.45, 7) is 3.89. The second-order valence-electron chi connectivity index (χ2n) is 4.63. The summed E-state index contributed by atoms with van der Waals surface area (Å²) in [6, 6.07) is 13.1. The summed E-state index contributed by atoms with van der Waals surface area (Å²) in [4.78, 5) is 24.1. The van der Waals surface area contributed by atoms with Gasteiger partial charge in [0.15, 0.2) is 0 Å². The molecule has 0 unspecified atom stereocenters. The van der Waals surface area contributed by atoms with Gasteiger partial charge in [-0.3, -0.25) is 4.79 Å². The average Bonchev–Trinajstić information content (AvgIpc) is 2.53. The van der Waals surface area contributed by atoms with Gasteiger partial charge < -0.3 is 16.0 Å². The number of hydrogen-bond acceptors (Lipinski definition) is 2. The number of halogens is 1. The highest BCUT2D eigenvalue weighted by Gasteiger charge is 2.12. The Morgan fingerprint density at radius 2 is 1.87 bits per heavy atom. The molecule has 2 rings (SSSR count). The molecule has 0 aliphatic rings. The molecule has 3 N–H and O–H groups in total. The predicted molar refractivity (Wildman–Crippen MR) is 93.1 cm³/mol. The van der Waals surface area contributed by atoms with Crippen molar-refractivity contribution in [2.45, 2.75) is 0 Å². The van der Waals surface area contributed by atoms with Crippen molar-refractivity contribution in [3.8, 4) is 0 Å². The Hall–Kier alpha value is -2.79. The molecule has 0 aliphatic carbocycles. The van der Waals surface area contributed by atoms with Crippen LogP contribution in [-0.2, 0) is 0 Å². The maximum atomic E-state index is 12.1. The van der Waals surface area contributed by atoms with Crippen LogP contribution in [0.15, 0.2) is 61.2 Å². The van der Waals surface area contributed by atoms with Crippen molar-refractivity contribution < 1.29 is 9.59 Å². The van der Waals surface area contributed by atoms with Gasteiger partial charge in [0, 0.05) is 17.3 Å². The SMILES string of the molecule is C=CCNC(=O)c1ccccc1NC(=O)Nc1cccc(Cl)c1. The summed E-state index contributed by atoms with van der Waals surface area (Å²) >= 11 is 5.87. The molecule has 0 bridgehead atoms. The minimum atomic E-state index is -0.462. The largest absolute Gasteiger partial charge is 0.349 e. The Morgan fingerprint density at radius 1 is 1.09 bits per heavy atom. The normalized spacial score (nSPS) is 9.78. The molecule has 118 valence electrons. The molecular formula is C17H16ClN3O2. The summed E-state index contributed by atoms with van der Waals surface area (Å²) in [7, 11) is 0. The number of amides is 3. The van der Waals surface area contributed by atoms with Crippen molar-refractivity contribution in [3.05, 3.63) is 71.8 Å². The van der Waals surface area contributed by atoms with Gasteiger partial charge in [0.25, 0.3) is 5.91 Å². The topological polar surface area (TPSA) is 70.2 Å². The van der Waals surface area contributed by atoms with E-state index in [9.17, 15) is 9.59 Å². The molecule has 2 aromatic carbocycles. The van der Waals surface area contributed by atoms with Crippen LogP contribution in [0.5, 0.6) is 0 Å². The third-order valence-electron chi connectivity index (χ3n) is 2.91. The fourth-order valence-corrected chi connectivity index (χ4v) is 2.09. The van der Waals surface area contributed by atoms with Crippen molar-refractivity contribution in [2.24, 2.45) is 0 Å². The fourth-order valence-electron chi connectivity index (χ4n) is 1.90. The highest BCUT2D eigenvalue weighted by molar-refractivity contribution is 6.30. The molecule has 23 heavy (non-hydrogen) atoms. The van der Waals surface area contributed by atoms with E-state index in [2.05, 4.69) is 22.5 Å². The number of para-hydroxylation sites is 1. The zero-order valence-corrected chi connectivity index (χ0v) is 13.1. The quantitative estimate of drug-likeness (QED) is 0.728. The van der Waals surface area contributed by atoms with E-state index in [0.717, 1.165) is 0 Å².